The summed E-state index contributed by atoms with van der Waals surface area (Å²) in [6.07, 6.45) is 0. The van der Waals surface area contributed by atoms with Crippen LogP contribution in [0.5, 0.6) is 0 Å². The summed E-state index contributed by atoms with van der Waals surface area (Å²) < 4.78 is 7.64. The summed E-state index contributed by atoms with van der Waals surface area (Å²) >= 11 is 0.837. The fourth-order valence-electron chi connectivity index (χ4n) is 1.74. The van der Waals surface area contributed by atoms with E-state index >= 15 is 0 Å². The van der Waals surface area contributed by atoms with Crippen LogP contribution in [0.2, 0.25) is 0 Å². The third kappa shape index (κ3) is 1.23. The molecule has 2 aromatic rings. The van der Waals surface area contributed by atoms with Gasteiger partial charge in [0.05, 0.1) is 23.4 Å². The van der Waals surface area contributed by atoms with Crippen molar-refractivity contribution < 1.29 is 9.59 Å². The number of nitriles is 1. The zero-order valence-electron chi connectivity index (χ0n) is 8.30. The summed E-state index contributed by atoms with van der Waals surface area (Å²) in [7, 11) is 0. The van der Waals surface area contributed by atoms with Gasteiger partial charge in [0.2, 0.25) is 11.6 Å². The zero-order valence-corrected chi connectivity index (χ0v) is 9.11. The first-order valence-electron chi connectivity index (χ1n) is 4.68. The minimum Gasteiger partial charge on any atom is -0.287 e. The largest absolute Gasteiger partial charge is 0.287 e. The van der Waals surface area contributed by atoms with Crippen molar-refractivity contribution in [3.8, 4) is 6.07 Å². The van der Waals surface area contributed by atoms with E-state index in [4.69, 9.17) is 5.26 Å². The van der Waals surface area contributed by atoms with Crippen molar-refractivity contribution in [3.63, 3.8) is 0 Å². The van der Waals surface area contributed by atoms with Gasteiger partial charge in [0, 0.05) is 11.1 Å². The van der Waals surface area contributed by atoms with Crippen molar-refractivity contribution in [1.29, 1.82) is 5.26 Å². The minimum atomic E-state index is -0.347. The van der Waals surface area contributed by atoms with Crippen molar-refractivity contribution in [2.45, 2.75) is 0 Å². The van der Waals surface area contributed by atoms with Crippen molar-refractivity contribution >= 4 is 23.3 Å². The lowest BCUT2D eigenvalue weighted by Gasteiger charge is -2.11. The van der Waals surface area contributed by atoms with E-state index in [2.05, 4.69) is 8.75 Å². The standard InChI is InChI=1S/C11H3N3O2S/c12-4-5-1-2-6-7(3-5)11(16)9-8(10(6)15)13-17-14-9/h1-3H. The number of fused-ring (bicyclic) bond motifs is 2. The van der Waals surface area contributed by atoms with Gasteiger partial charge in [-0.1, -0.05) is 0 Å². The fraction of sp³-hybridized carbons (Fsp3) is 0. The first-order valence-corrected chi connectivity index (χ1v) is 5.41. The van der Waals surface area contributed by atoms with Crippen molar-refractivity contribution in [2.24, 2.45) is 0 Å². The van der Waals surface area contributed by atoms with E-state index in [1.54, 1.807) is 0 Å². The second-order valence-corrected chi connectivity index (χ2v) is 4.02. The summed E-state index contributed by atoms with van der Waals surface area (Å²) in [5.41, 5.74) is 1.06. The first-order chi connectivity index (χ1) is 8.22. The first kappa shape index (κ1) is 9.81. The molecule has 0 aliphatic heterocycles. The Morgan fingerprint density at radius 1 is 1.06 bits per heavy atom. The minimum absolute atomic E-state index is 0.0857. The van der Waals surface area contributed by atoms with Gasteiger partial charge in [-0.2, -0.15) is 14.0 Å². The Morgan fingerprint density at radius 2 is 1.71 bits per heavy atom. The van der Waals surface area contributed by atoms with Crippen LogP contribution in [0.4, 0.5) is 0 Å². The Morgan fingerprint density at radius 3 is 2.35 bits per heavy atom. The van der Waals surface area contributed by atoms with Crippen molar-refractivity contribution in [1.82, 2.24) is 8.75 Å². The Labute approximate surface area is 99.7 Å². The van der Waals surface area contributed by atoms with Crippen molar-refractivity contribution in [3.05, 3.63) is 46.3 Å². The molecule has 0 radical (unpaired) electrons. The molecule has 0 spiro atoms. The lowest BCUT2D eigenvalue weighted by Crippen LogP contribution is -2.21. The highest BCUT2D eigenvalue weighted by molar-refractivity contribution is 6.99. The van der Waals surface area contributed by atoms with Crippen LogP contribution in [0.3, 0.4) is 0 Å². The van der Waals surface area contributed by atoms with Crippen LogP contribution in [-0.2, 0) is 0 Å². The molecule has 1 aromatic carbocycles. The highest BCUT2D eigenvalue weighted by atomic mass is 32.1. The third-order valence-corrected chi connectivity index (χ3v) is 3.09. The van der Waals surface area contributed by atoms with E-state index in [-0.39, 0.29) is 34.1 Å². The number of rotatable bonds is 0. The number of aromatic nitrogens is 2. The number of hydrogen-bond acceptors (Lipinski definition) is 6. The molecule has 0 fully saturated rings. The molecule has 1 aliphatic rings. The topological polar surface area (TPSA) is 83.7 Å². The highest BCUT2D eigenvalue weighted by Gasteiger charge is 2.33. The van der Waals surface area contributed by atoms with Crippen LogP contribution in [-0.4, -0.2) is 20.3 Å². The Bertz CT molecular complexity index is 712. The number of hydrogen-bond donors (Lipinski definition) is 0. The van der Waals surface area contributed by atoms with Gasteiger partial charge in [-0.3, -0.25) is 9.59 Å². The summed E-state index contributed by atoms with van der Waals surface area (Å²) in [4.78, 5) is 24.0. The maximum atomic E-state index is 12.0. The van der Waals surface area contributed by atoms with Gasteiger partial charge in [-0.15, -0.1) is 0 Å². The maximum Gasteiger partial charge on any atom is 0.215 e. The summed E-state index contributed by atoms with van der Waals surface area (Å²) in [6.45, 7) is 0. The molecule has 1 heterocycles. The van der Waals surface area contributed by atoms with Gasteiger partial charge >= 0.3 is 0 Å². The van der Waals surface area contributed by atoms with Gasteiger partial charge in [0.25, 0.3) is 0 Å². The van der Waals surface area contributed by atoms with Crippen LogP contribution in [0.1, 0.15) is 37.7 Å². The molecule has 0 N–H and O–H groups in total. The average molecular weight is 241 g/mol. The van der Waals surface area contributed by atoms with Gasteiger partial charge < -0.3 is 0 Å². The SMILES string of the molecule is N#Cc1ccc2c(c1)C(=O)c1nsnc1C2=O. The van der Waals surface area contributed by atoms with E-state index < -0.39 is 0 Å². The van der Waals surface area contributed by atoms with Gasteiger partial charge in [0.1, 0.15) is 0 Å². The second-order valence-electron chi connectivity index (χ2n) is 3.49. The molecule has 5 nitrogen and oxygen atoms in total. The summed E-state index contributed by atoms with van der Waals surface area (Å²) in [5, 5.41) is 8.77. The molecule has 0 atom stereocenters. The molecule has 0 amide bonds. The van der Waals surface area contributed by atoms with Gasteiger partial charge in [0.15, 0.2) is 11.4 Å². The fourth-order valence-corrected chi connectivity index (χ4v) is 2.28. The smallest absolute Gasteiger partial charge is 0.215 e. The lowest BCUT2D eigenvalue weighted by atomic mass is 9.89. The molecule has 17 heavy (non-hydrogen) atoms. The molecular formula is C11H3N3O2S. The molecular weight excluding hydrogens is 238 g/mol. The van der Waals surface area contributed by atoms with Crippen molar-refractivity contribution in [2.75, 3.05) is 0 Å². The third-order valence-electron chi connectivity index (χ3n) is 2.56. The predicted molar refractivity (Wildman–Crippen MR) is 57.9 cm³/mol. The molecule has 0 saturated carbocycles. The molecule has 80 valence electrons. The normalized spacial score (nSPS) is 12.9. The monoisotopic (exact) mass is 241 g/mol. The maximum absolute atomic E-state index is 12.0. The summed E-state index contributed by atoms with van der Waals surface area (Å²) in [6, 6.07) is 6.34. The number of carbonyl (C=O) groups is 2. The van der Waals surface area contributed by atoms with E-state index in [0.29, 0.717) is 5.56 Å². The second kappa shape index (κ2) is 3.30. The van der Waals surface area contributed by atoms with Crippen LogP contribution < -0.4 is 0 Å². The van der Waals surface area contributed by atoms with Gasteiger partial charge in [-0.05, 0) is 18.2 Å². The van der Waals surface area contributed by atoms with Crippen LogP contribution in [0, 0.1) is 11.3 Å². The molecule has 1 aliphatic carbocycles. The highest BCUT2D eigenvalue weighted by Crippen LogP contribution is 2.26. The Kier molecular flexibility index (Phi) is 1.90. The van der Waals surface area contributed by atoms with Crippen LogP contribution in [0.15, 0.2) is 18.2 Å². The molecule has 0 saturated heterocycles. The van der Waals surface area contributed by atoms with E-state index in [1.165, 1.54) is 18.2 Å². The number of nitrogens with zero attached hydrogens (tertiary/aromatic N) is 3. The molecule has 6 heteroatoms. The van der Waals surface area contributed by atoms with E-state index in [0.717, 1.165) is 11.7 Å². The number of benzene rings is 1. The van der Waals surface area contributed by atoms with Crippen LogP contribution >= 0.6 is 11.7 Å². The summed E-state index contributed by atoms with van der Waals surface area (Å²) in [5.74, 6) is -0.659. The molecule has 0 bridgehead atoms. The zero-order chi connectivity index (χ0) is 12.0. The van der Waals surface area contributed by atoms with E-state index in [9.17, 15) is 9.59 Å². The lowest BCUT2D eigenvalue weighted by molar-refractivity contribution is 0.0974. The molecule has 3 rings (SSSR count). The molecule has 1 aromatic heterocycles. The molecule has 0 unspecified atom stereocenters. The predicted octanol–water partition coefficient (Wildman–Crippen LogP) is 1.19. The number of ketones is 2. The average Bonchev–Trinajstić information content (AvgIpc) is 2.85. The quantitative estimate of drug-likeness (QED) is 0.590. The van der Waals surface area contributed by atoms with Crippen LogP contribution in [0.25, 0.3) is 0 Å². The number of carbonyl (C=O) groups excluding carboxylic acids is 2. The van der Waals surface area contributed by atoms with E-state index in [1.807, 2.05) is 6.07 Å². The Hall–Kier alpha value is -2.39. The van der Waals surface area contributed by atoms with Gasteiger partial charge in [-0.25, -0.2) is 0 Å². The Balaban J connectivity index is 2.31.